The fraction of sp³-hybridized carbons (Fsp3) is 0.857. The summed E-state index contributed by atoms with van der Waals surface area (Å²) in [7, 11) is 0. The number of carbonyl (C=O) groups is 2. The largest absolute Gasteiger partial charge is 0.481 e. The van der Waals surface area contributed by atoms with Crippen LogP contribution in [0, 0.1) is 5.92 Å². The van der Waals surface area contributed by atoms with E-state index in [0.717, 1.165) is 45.1 Å². The number of carbonyl (C=O) groups excluding carboxylic acids is 1. The molecular formula is C14H24N2O4. The summed E-state index contributed by atoms with van der Waals surface area (Å²) in [5, 5.41) is 20.9. The summed E-state index contributed by atoms with van der Waals surface area (Å²) in [4.78, 5) is 25.0. The van der Waals surface area contributed by atoms with Crippen LogP contribution < -0.4 is 5.32 Å². The predicted molar refractivity (Wildman–Crippen MR) is 73.4 cm³/mol. The Morgan fingerprint density at radius 2 is 2.05 bits per heavy atom. The van der Waals surface area contributed by atoms with Gasteiger partial charge in [-0.15, -0.1) is 0 Å². The first-order valence-electron chi connectivity index (χ1n) is 7.44. The van der Waals surface area contributed by atoms with Gasteiger partial charge in [-0.05, 0) is 44.4 Å². The molecule has 20 heavy (non-hydrogen) atoms. The van der Waals surface area contributed by atoms with Crippen LogP contribution in [0.15, 0.2) is 0 Å². The van der Waals surface area contributed by atoms with Gasteiger partial charge in [-0.1, -0.05) is 0 Å². The van der Waals surface area contributed by atoms with Crippen LogP contribution in [0.5, 0.6) is 0 Å². The molecule has 0 spiro atoms. The van der Waals surface area contributed by atoms with Crippen LogP contribution >= 0.6 is 0 Å². The van der Waals surface area contributed by atoms with E-state index in [0.29, 0.717) is 12.5 Å². The number of urea groups is 1. The first-order chi connectivity index (χ1) is 9.54. The number of aliphatic hydroxyl groups is 1. The lowest BCUT2D eigenvalue weighted by molar-refractivity contribution is -0.139. The number of carboxylic acids is 1. The van der Waals surface area contributed by atoms with E-state index in [9.17, 15) is 9.59 Å². The monoisotopic (exact) mass is 284 g/mol. The van der Waals surface area contributed by atoms with Gasteiger partial charge in [-0.25, -0.2) is 4.79 Å². The van der Waals surface area contributed by atoms with Gasteiger partial charge in [0.25, 0.3) is 0 Å². The van der Waals surface area contributed by atoms with Gasteiger partial charge in [0, 0.05) is 19.7 Å². The second-order valence-corrected chi connectivity index (χ2v) is 6.10. The number of nitrogens with one attached hydrogen (secondary N) is 1. The lowest BCUT2D eigenvalue weighted by atomic mass is 9.74. The molecule has 2 amide bonds. The summed E-state index contributed by atoms with van der Waals surface area (Å²) in [6, 6.07) is -0.145. The fourth-order valence-corrected chi connectivity index (χ4v) is 3.21. The summed E-state index contributed by atoms with van der Waals surface area (Å²) in [5.74, 6) is -0.502. The zero-order chi connectivity index (χ0) is 14.6. The zero-order valence-electron chi connectivity index (χ0n) is 11.8. The van der Waals surface area contributed by atoms with Crippen molar-refractivity contribution < 1.29 is 19.8 Å². The Balaban J connectivity index is 1.88. The van der Waals surface area contributed by atoms with Crippen molar-refractivity contribution in [3.05, 3.63) is 0 Å². The number of piperidine rings is 1. The van der Waals surface area contributed by atoms with Gasteiger partial charge in [0.15, 0.2) is 0 Å². The molecule has 0 radical (unpaired) electrons. The van der Waals surface area contributed by atoms with Crippen molar-refractivity contribution >= 4 is 12.0 Å². The van der Waals surface area contributed by atoms with Gasteiger partial charge in [0.2, 0.25) is 0 Å². The van der Waals surface area contributed by atoms with Gasteiger partial charge in [-0.3, -0.25) is 4.79 Å². The smallest absolute Gasteiger partial charge is 0.317 e. The van der Waals surface area contributed by atoms with E-state index in [-0.39, 0.29) is 19.1 Å². The second-order valence-electron chi connectivity index (χ2n) is 6.10. The second kappa shape index (κ2) is 6.43. The highest BCUT2D eigenvalue weighted by atomic mass is 16.4. The molecule has 6 nitrogen and oxygen atoms in total. The quantitative estimate of drug-likeness (QED) is 0.707. The van der Waals surface area contributed by atoms with Gasteiger partial charge >= 0.3 is 12.0 Å². The molecule has 1 heterocycles. The van der Waals surface area contributed by atoms with Crippen LogP contribution in [0.4, 0.5) is 4.79 Å². The first kappa shape index (κ1) is 15.1. The summed E-state index contributed by atoms with van der Waals surface area (Å²) in [5.41, 5.74) is -0.535. The number of rotatable bonds is 5. The Bertz CT molecular complexity index is 366. The van der Waals surface area contributed by atoms with E-state index in [2.05, 4.69) is 5.32 Å². The maximum absolute atomic E-state index is 12.3. The molecule has 0 aromatic rings. The van der Waals surface area contributed by atoms with E-state index in [1.165, 1.54) is 0 Å². The first-order valence-corrected chi connectivity index (χ1v) is 7.44. The summed E-state index contributed by atoms with van der Waals surface area (Å²) >= 11 is 0. The SMILES string of the molecule is O=C(O)CC1(NC(=O)N2CCCC(CCO)C2)CCC1. The summed E-state index contributed by atoms with van der Waals surface area (Å²) in [6.45, 7) is 1.54. The van der Waals surface area contributed by atoms with Crippen molar-refractivity contribution in [2.24, 2.45) is 5.92 Å². The van der Waals surface area contributed by atoms with Crippen molar-refractivity contribution in [1.82, 2.24) is 10.2 Å². The highest BCUT2D eigenvalue weighted by Gasteiger charge is 2.41. The molecule has 1 aliphatic heterocycles. The Hall–Kier alpha value is -1.30. The third-order valence-electron chi connectivity index (χ3n) is 4.52. The number of aliphatic carboxylic acids is 1. The van der Waals surface area contributed by atoms with E-state index in [1.807, 2.05) is 0 Å². The standard InChI is InChI=1S/C14H24N2O4/c17-8-4-11-3-1-7-16(10-11)13(20)15-14(5-2-6-14)9-12(18)19/h11,17H,1-10H2,(H,15,20)(H,18,19). The number of hydrogen-bond donors (Lipinski definition) is 3. The molecule has 1 saturated carbocycles. The molecule has 2 aliphatic rings. The van der Waals surface area contributed by atoms with E-state index >= 15 is 0 Å². The maximum Gasteiger partial charge on any atom is 0.317 e. The molecular weight excluding hydrogens is 260 g/mol. The van der Waals surface area contributed by atoms with Crippen LogP contribution in [-0.4, -0.2) is 52.3 Å². The van der Waals surface area contributed by atoms with Crippen LogP contribution in [-0.2, 0) is 4.79 Å². The molecule has 114 valence electrons. The number of carboxylic acid groups (broad SMARTS) is 1. The highest BCUT2D eigenvalue weighted by molar-refractivity contribution is 5.77. The van der Waals surface area contributed by atoms with E-state index < -0.39 is 11.5 Å². The topological polar surface area (TPSA) is 89.9 Å². The molecule has 3 N–H and O–H groups in total. The van der Waals surface area contributed by atoms with Crippen molar-refractivity contribution in [2.45, 2.75) is 50.5 Å². The molecule has 2 fully saturated rings. The number of amides is 2. The van der Waals surface area contributed by atoms with Crippen molar-refractivity contribution in [2.75, 3.05) is 19.7 Å². The lowest BCUT2D eigenvalue weighted by Crippen LogP contribution is -2.59. The van der Waals surface area contributed by atoms with Gasteiger partial charge in [0.05, 0.1) is 12.0 Å². The van der Waals surface area contributed by atoms with Gasteiger partial charge in [-0.2, -0.15) is 0 Å². The number of aliphatic hydroxyl groups excluding tert-OH is 1. The predicted octanol–water partition coefficient (Wildman–Crippen LogP) is 1.19. The third kappa shape index (κ3) is 3.62. The van der Waals surface area contributed by atoms with Crippen LogP contribution in [0.25, 0.3) is 0 Å². The molecule has 6 heteroatoms. The van der Waals surface area contributed by atoms with Crippen LogP contribution in [0.2, 0.25) is 0 Å². The van der Waals surface area contributed by atoms with Crippen LogP contribution in [0.3, 0.4) is 0 Å². The van der Waals surface area contributed by atoms with Gasteiger partial charge in [0.1, 0.15) is 0 Å². The van der Waals surface area contributed by atoms with E-state index in [4.69, 9.17) is 10.2 Å². The van der Waals surface area contributed by atoms with Crippen LogP contribution in [0.1, 0.15) is 44.9 Å². The molecule has 0 aromatic carbocycles. The molecule has 1 saturated heterocycles. The lowest BCUT2D eigenvalue weighted by Gasteiger charge is -2.43. The maximum atomic E-state index is 12.3. The Morgan fingerprint density at radius 1 is 1.30 bits per heavy atom. The minimum Gasteiger partial charge on any atom is -0.481 e. The minimum atomic E-state index is -0.859. The zero-order valence-corrected chi connectivity index (χ0v) is 11.8. The molecule has 0 aromatic heterocycles. The highest BCUT2D eigenvalue weighted by Crippen LogP contribution is 2.35. The Morgan fingerprint density at radius 3 is 2.60 bits per heavy atom. The number of nitrogens with zero attached hydrogens (tertiary/aromatic N) is 1. The Labute approximate surface area is 119 Å². The Kier molecular flexibility index (Phi) is 4.86. The average molecular weight is 284 g/mol. The fourth-order valence-electron chi connectivity index (χ4n) is 3.21. The third-order valence-corrected chi connectivity index (χ3v) is 4.52. The summed E-state index contributed by atoms with van der Waals surface area (Å²) < 4.78 is 0. The minimum absolute atomic E-state index is 0.00660. The van der Waals surface area contributed by atoms with Crippen molar-refractivity contribution in [1.29, 1.82) is 0 Å². The number of hydrogen-bond acceptors (Lipinski definition) is 3. The molecule has 0 bridgehead atoms. The molecule has 2 rings (SSSR count). The van der Waals surface area contributed by atoms with Crippen molar-refractivity contribution in [3.8, 4) is 0 Å². The molecule has 1 atom stereocenters. The molecule has 1 aliphatic carbocycles. The number of likely N-dealkylation sites (tertiary alicyclic amines) is 1. The normalized spacial score (nSPS) is 24.9. The average Bonchev–Trinajstić information content (AvgIpc) is 2.36. The van der Waals surface area contributed by atoms with Gasteiger partial charge < -0.3 is 20.4 Å². The molecule has 1 unspecified atom stereocenters. The van der Waals surface area contributed by atoms with Crippen molar-refractivity contribution in [3.63, 3.8) is 0 Å². The van der Waals surface area contributed by atoms with E-state index in [1.54, 1.807) is 4.90 Å². The summed E-state index contributed by atoms with van der Waals surface area (Å²) in [6.07, 6.45) is 5.20.